The van der Waals surface area contributed by atoms with Crippen molar-refractivity contribution in [3.63, 3.8) is 0 Å². The Morgan fingerprint density at radius 3 is 2.30 bits per heavy atom. The van der Waals surface area contributed by atoms with Crippen molar-refractivity contribution in [3.8, 4) is 17.0 Å². The minimum Gasteiger partial charge on any atom is -0.491 e. The second kappa shape index (κ2) is 11.7. The molecule has 0 aliphatic heterocycles. The van der Waals surface area contributed by atoms with E-state index < -0.39 is 0 Å². The SMILES string of the molecule is CC.Cc1cc(C(=O)NNCc2ccc(-c3cnc(C(C)(C)C)[nH]3)cc2)ccc1OC(C)C. The molecule has 0 atom stereocenters. The summed E-state index contributed by atoms with van der Waals surface area (Å²) in [5.74, 6) is 1.59. The quantitative estimate of drug-likeness (QED) is 0.390. The van der Waals surface area contributed by atoms with Gasteiger partial charge in [0.15, 0.2) is 0 Å². The molecule has 1 aromatic heterocycles. The molecule has 6 nitrogen and oxygen atoms in total. The van der Waals surface area contributed by atoms with Gasteiger partial charge >= 0.3 is 0 Å². The summed E-state index contributed by atoms with van der Waals surface area (Å²) < 4.78 is 5.72. The van der Waals surface area contributed by atoms with Crippen molar-refractivity contribution in [3.05, 3.63) is 71.2 Å². The van der Waals surface area contributed by atoms with Crippen molar-refractivity contribution in [1.29, 1.82) is 0 Å². The first-order valence-corrected chi connectivity index (χ1v) is 11.6. The van der Waals surface area contributed by atoms with E-state index in [0.29, 0.717) is 12.1 Å². The third kappa shape index (κ3) is 7.46. The summed E-state index contributed by atoms with van der Waals surface area (Å²) >= 11 is 0. The smallest absolute Gasteiger partial charge is 0.265 e. The van der Waals surface area contributed by atoms with E-state index in [1.807, 2.05) is 65.1 Å². The van der Waals surface area contributed by atoms with E-state index in [2.05, 4.69) is 53.7 Å². The Labute approximate surface area is 198 Å². The van der Waals surface area contributed by atoms with E-state index in [1.165, 1.54) is 0 Å². The van der Waals surface area contributed by atoms with Crippen molar-refractivity contribution in [2.45, 2.75) is 73.5 Å². The van der Waals surface area contributed by atoms with Crippen molar-refractivity contribution in [1.82, 2.24) is 20.8 Å². The van der Waals surface area contributed by atoms with E-state index in [4.69, 9.17) is 4.74 Å². The Morgan fingerprint density at radius 1 is 1.09 bits per heavy atom. The first kappa shape index (κ1) is 26.1. The Morgan fingerprint density at radius 2 is 1.76 bits per heavy atom. The van der Waals surface area contributed by atoms with Crippen molar-refractivity contribution >= 4 is 5.91 Å². The fourth-order valence-corrected chi connectivity index (χ4v) is 3.13. The van der Waals surface area contributed by atoms with Crippen LogP contribution in [0.15, 0.2) is 48.7 Å². The molecule has 2 aromatic carbocycles. The highest BCUT2D eigenvalue weighted by Gasteiger charge is 2.17. The zero-order chi connectivity index (χ0) is 24.6. The number of hydrogen-bond acceptors (Lipinski definition) is 4. The predicted molar refractivity (Wildman–Crippen MR) is 135 cm³/mol. The largest absolute Gasteiger partial charge is 0.491 e. The number of carbonyl (C=O) groups is 1. The topological polar surface area (TPSA) is 79.0 Å². The molecule has 0 saturated heterocycles. The number of imidazole rings is 1. The zero-order valence-corrected chi connectivity index (χ0v) is 21.2. The number of rotatable bonds is 7. The van der Waals surface area contributed by atoms with Crippen LogP contribution < -0.4 is 15.6 Å². The van der Waals surface area contributed by atoms with Gasteiger partial charge in [-0.3, -0.25) is 10.2 Å². The number of aromatic nitrogens is 2. The summed E-state index contributed by atoms with van der Waals surface area (Å²) in [6.07, 6.45) is 1.97. The van der Waals surface area contributed by atoms with Crippen LogP contribution in [0.2, 0.25) is 0 Å². The number of nitrogens with one attached hydrogen (secondary N) is 3. The molecule has 0 saturated carbocycles. The molecule has 178 valence electrons. The van der Waals surface area contributed by atoms with Crippen LogP contribution in [0.25, 0.3) is 11.3 Å². The van der Waals surface area contributed by atoms with E-state index >= 15 is 0 Å². The molecule has 1 amide bonds. The maximum Gasteiger partial charge on any atom is 0.265 e. The number of ether oxygens (including phenoxy) is 1. The van der Waals surface area contributed by atoms with Gasteiger partial charge in [-0.25, -0.2) is 10.4 Å². The Balaban J connectivity index is 0.00000187. The van der Waals surface area contributed by atoms with Gasteiger partial charge in [0, 0.05) is 17.5 Å². The number of carbonyl (C=O) groups excluding carboxylic acids is 1. The molecule has 33 heavy (non-hydrogen) atoms. The maximum atomic E-state index is 12.4. The molecule has 0 radical (unpaired) electrons. The molecular formula is C27H38N4O2. The van der Waals surface area contributed by atoms with Gasteiger partial charge < -0.3 is 9.72 Å². The first-order chi connectivity index (χ1) is 15.6. The van der Waals surface area contributed by atoms with Crippen molar-refractivity contribution in [2.24, 2.45) is 0 Å². The van der Waals surface area contributed by atoms with E-state index in [-0.39, 0.29) is 17.4 Å². The number of amides is 1. The molecule has 3 N–H and O–H groups in total. The van der Waals surface area contributed by atoms with Crippen LogP contribution in [-0.2, 0) is 12.0 Å². The minimum absolute atomic E-state index is 0.0133. The lowest BCUT2D eigenvalue weighted by molar-refractivity contribution is 0.0932. The highest BCUT2D eigenvalue weighted by molar-refractivity contribution is 5.94. The highest BCUT2D eigenvalue weighted by Crippen LogP contribution is 2.24. The number of benzene rings is 2. The Hall–Kier alpha value is -3.12. The molecule has 3 rings (SSSR count). The highest BCUT2D eigenvalue weighted by atomic mass is 16.5. The third-order valence-corrected chi connectivity index (χ3v) is 4.85. The average Bonchev–Trinajstić information content (AvgIpc) is 3.28. The monoisotopic (exact) mass is 450 g/mol. The van der Waals surface area contributed by atoms with Crippen LogP contribution >= 0.6 is 0 Å². The van der Waals surface area contributed by atoms with Gasteiger partial charge in [0.2, 0.25) is 0 Å². The standard InChI is InChI=1S/C25H32N4O2.C2H6/c1-16(2)31-22-12-11-20(13-17(22)3)23(30)29-27-14-18-7-9-19(10-8-18)21-15-26-24(28-21)25(4,5)6;1-2/h7-13,15-16,27H,14H2,1-6H3,(H,26,28)(H,29,30);1-2H3. The summed E-state index contributed by atoms with van der Waals surface area (Å²) in [6.45, 7) is 16.8. The second-order valence-electron chi connectivity index (χ2n) is 9.05. The lowest BCUT2D eigenvalue weighted by Crippen LogP contribution is -2.36. The molecule has 0 spiro atoms. The predicted octanol–water partition coefficient (Wildman–Crippen LogP) is 5.93. The van der Waals surface area contributed by atoms with Gasteiger partial charge in [-0.05, 0) is 55.7 Å². The van der Waals surface area contributed by atoms with Crippen molar-refractivity contribution in [2.75, 3.05) is 0 Å². The van der Waals surface area contributed by atoms with Gasteiger partial charge in [0.1, 0.15) is 11.6 Å². The molecule has 0 fully saturated rings. The molecule has 0 aliphatic carbocycles. The van der Waals surface area contributed by atoms with Gasteiger partial charge in [-0.1, -0.05) is 58.9 Å². The average molecular weight is 451 g/mol. The van der Waals surface area contributed by atoms with E-state index in [9.17, 15) is 4.79 Å². The number of hydrogen-bond donors (Lipinski definition) is 3. The maximum absolute atomic E-state index is 12.4. The Kier molecular flexibility index (Phi) is 9.23. The van der Waals surface area contributed by atoms with Crippen LogP contribution in [0.1, 0.15) is 75.8 Å². The molecule has 0 aliphatic rings. The number of nitrogens with zero attached hydrogens (tertiary/aromatic N) is 1. The molecule has 6 heteroatoms. The number of aryl methyl sites for hydroxylation is 1. The number of hydrazine groups is 1. The summed E-state index contributed by atoms with van der Waals surface area (Å²) in [4.78, 5) is 20.3. The molecule has 0 unspecified atom stereocenters. The zero-order valence-electron chi connectivity index (χ0n) is 21.2. The fourth-order valence-electron chi connectivity index (χ4n) is 3.13. The second-order valence-corrected chi connectivity index (χ2v) is 9.05. The lowest BCUT2D eigenvalue weighted by Gasteiger charge is -2.14. The van der Waals surface area contributed by atoms with Crippen LogP contribution in [0.4, 0.5) is 0 Å². The van der Waals surface area contributed by atoms with Crippen LogP contribution in [-0.4, -0.2) is 22.0 Å². The minimum atomic E-state index is -0.178. The molecule has 3 aromatic rings. The summed E-state index contributed by atoms with van der Waals surface area (Å²) in [7, 11) is 0. The van der Waals surface area contributed by atoms with Crippen molar-refractivity contribution < 1.29 is 9.53 Å². The third-order valence-electron chi connectivity index (χ3n) is 4.85. The summed E-state index contributed by atoms with van der Waals surface area (Å²) in [5.41, 5.74) is 10.4. The van der Waals surface area contributed by atoms with Crippen LogP contribution in [0.5, 0.6) is 5.75 Å². The molecular weight excluding hydrogens is 412 g/mol. The summed E-state index contributed by atoms with van der Waals surface area (Å²) in [5, 5.41) is 0. The van der Waals surface area contributed by atoms with Gasteiger partial charge in [0.05, 0.1) is 18.0 Å². The lowest BCUT2D eigenvalue weighted by atomic mass is 9.96. The van der Waals surface area contributed by atoms with Gasteiger partial charge in [-0.15, -0.1) is 0 Å². The van der Waals surface area contributed by atoms with Gasteiger partial charge in [0.25, 0.3) is 5.91 Å². The summed E-state index contributed by atoms with van der Waals surface area (Å²) in [6, 6.07) is 13.6. The first-order valence-electron chi connectivity index (χ1n) is 11.6. The Bertz CT molecular complexity index is 1030. The van der Waals surface area contributed by atoms with E-state index in [1.54, 1.807) is 6.07 Å². The van der Waals surface area contributed by atoms with Crippen LogP contribution in [0, 0.1) is 6.92 Å². The van der Waals surface area contributed by atoms with Crippen LogP contribution in [0.3, 0.4) is 0 Å². The number of aromatic amines is 1. The molecule has 1 heterocycles. The fraction of sp³-hybridized carbons (Fsp3) is 0.407. The van der Waals surface area contributed by atoms with E-state index in [0.717, 1.165) is 34.0 Å². The van der Waals surface area contributed by atoms with Gasteiger partial charge in [-0.2, -0.15) is 0 Å². The normalized spacial score (nSPS) is 11.1. The number of H-pyrrole nitrogens is 1. The molecule has 0 bridgehead atoms.